The quantitative estimate of drug-likeness (QED) is 0.653. The van der Waals surface area contributed by atoms with E-state index in [-0.39, 0.29) is 0 Å². The van der Waals surface area contributed by atoms with E-state index in [0.29, 0.717) is 0 Å². The smallest absolute Gasteiger partial charge is 0.00586 e. The Morgan fingerprint density at radius 2 is 2.00 bits per heavy atom. The first-order chi connectivity index (χ1) is 4.43. The van der Waals surface area contributed by atoms with Crippen LogP contribution in [0.3, 0.4) is 0 Å². The van der Waals surface area contributed by atoms with Crippen molar-refractivity contribution in [3.05, 3.63) is 0 Å². The van der Waals surface area contributed by atoms with Gasteiger partial charge in [-0.3, -0.25) is 0 Å². The summed E-state index contributed by atoms with van der Waals surface area (Å²) in [6.07, 6.45) is 5.76. The van der Waals surface area contributed by atoms with E-state index >= 15 is 0 Å². The highest BCUT2D eigenvalue weighted by molar-refractivity contribution is 7.99. The van der Waals surface area contributed by atoms with Crippen molar-refractivity contribution >= 4 is 11.8 Å². The second-order valence-corrected chi connectivity index (χ2v) is 3.97. The third-order valence-electron chi connectivity index (χ3n) is 1.77. The molecule has 0 radical (unpaired) electrons. The lowest BCUT2D eigenvalue weighted by atomic mass is 10.4. The van der Waals surface area contributed by atoms with Gasteiger partial charge in [0.1, 0.15) is 0 Å². The van der Waals surface area contributed by atoms with Crippen molar-refractivity contribution in [2.24, 2.45) is 5.73 Å². The number of hydrogen-bond donors (Lipinski definition) is 1. The number of hydrogen-bond acceptors (Lipinski definition) is 2. The van der Waals surface area contributed by atoms with Gasteiger partial charge in [-0.1, -0.05) is 12.8 Å². The van der Waals surface area contributed by atoms with E-state index in [1.165, 1.54) is 25.7 Å². The van der Waals surface area contributed by atoms with E-state index in [2.05, 4.69) is 11.8 Å². The summed E-state index contributed by atoms with van der Waals surface area (Å²) < 4.78 is 0. The molecular formula is C7H15NS. The van der Waals surface area contributed by atoms with Crippen molar-refractivity contribution in [1.82, 2.24) is 0 Å². The van der Waals surface area contributed by atoms with Crippen molar-refractivity contribution in [1.29, 1.82) is 0 Å². The van der Waals surface area contributed by atoms with Crippen LogP contribution in [-0.4, -0.2) is 17.5 Å². The maximum absolute atomic E-state index is 5.39. The van der Waals surface area contributed by atoms with Gasteiger partial charge in [-0.05, 0) is 12.8 Å². The molecular weight excluding hydrogens is 130 g/mol. The Kier molecular flexibility index (Phi) is 3.44. The van der Waals surface area contributed by atoms with Gasteiger partial charge in [0.15, 0.2) is 0 Å². The van der Waals surface area contributed by atoms with Gasteiger partial charge in [-0.15, -0.1) is 0 Å². The highest BCUT2D eigenvalue weighted by Gasteiger charge is 2.13. The molecule has 2 N–H and O–H groups in total. The Hall–Kier alpha value is 0.310. The van der Waals surface area contributed by atoms with Crippen molar-refractivity contribution in [3.63, 3.8) is 0 Å². The summed E-state index contributed by atoms with van der Waals surface area (Å²) >= 11 is 2.06. The van der Waals surface area contributed by atoms with Crippen LogP contribution >= 0.6 is 11.8 Å². The first kappa shape index (κ1) is 7.42. The second-order valence-electron chi connectivity index (χ2n) is 2.57. The molecule has 1 aliphatic rings. The van der Waals surface area contributed by atoms with Gasteiger partial charge >= 0.3 is 0 Å². The molecule has 0 amide bonds. The molecule has 54 valence electrons. The van der Waals surface area contributed by atoms with Gasteiger partial charge < -0.3 is 5.73 Å². The minimum Gasteiger partial charge on any atom is -0.330 e. The molecule has 0 aliphatic heterocycles. The van der Waals surface area contributed by atoms with Crippen LogP contribution in [0.25, 0.3) is 0 Å². The summed E-state index contributed by atoms with van der Waals surface area (Å²) in [5.41, 5.74) is 5.39. The zero-order chi connectivity index (χ0) is 6.53. The predicted molar refractivity (Wildman–Crippen MR) is 43.8 cm³/mol. The highest BCUT2D eigenvalue weighted by Crippen LogP contribution is 2.28. The van der Waals surface area contributed by atoms with Crippen molar-refractivity contribution in [3.8, 4) is 0 Å². The van der Waals surface area contributed by atoms with Crippen molar-refractivity contribution in [2.75, 3.05) is 12.3 Å². The van der Waals surface area contributed by atoms with E-state index < -0.39 is 0 Å². The van der Waals surface area contributed by atoms with Crippen LogP contribution in [0, 0.1) is 0 Å². The van der Waals surface area contributed by atoms with Crippen LogP contribution in [0.5, 0.6) is 0 Å². The fraction of sp³-hybridized carbons (Fsp3) is 1.00. The summed E-state index contributed by atoms with van der Waals surface area (Å²) in [6, 6.07) is 0. The van der Waals surface area contributed by atoms with Gasteiger partial charge in [0.25, 0.3) is 0 Å². The molecule has 1 rings (SSSR count). The highest BCUT2D eigenvalue weighted by atomic mass is 32.2. The van der Waals surface area contributed by atoms with Crippen LogP contribution in [-0.2, 0) is 0 Å². The first-order valence-corrected chi connectivity index (χ1v) is 4.80. The average molecular weight is 145 g/mol. The Morgan fingerprint density at radius 3 is 2.56 bits per heavy atom. The van der Waals surface area contributed by atoms with E-state index in [1.54, 1.807) is 0 Å². The van der Waals surface area contributed by atoms with Crippen LogP contribution in [0.4, 0.5) is 0 Å². The first-order valence-electron chi connectivity index (χ1n) is 3.75. The molecule has 0 aromatic carbocycles. The molecule has 9 heavy (non-hydrogen) atoms. The molecule has 1 aliphatic carbocycles. The standard InChI is InChI=1S/C7H15NS/c8-5-6-9-7-3-1-2-4-7/h7H,1-6,8H2. The summed E-state index contributed by atoms with van der Waals surface area (Å²) in [5.74, 6) is 1.16. The maximum Gasteiger partial charge on any atom is 0.00586 e. The molecule has 2 heteroatoms. The molecule has 0 bridgehead atoms. The lowest BCUT2D eigenvalue weighted by Gasteiger charge is -2.05. The van der Waals surface area contributed by atoms with Gasteiger partial charge in [0.2, 0.25) is 0 Å². The van der Waals surface area contributed by atoms with Gasteiger partial charge in [-0.25, -0.2) is 0 Å². The van der Waals surface area contributed by atoms with E-state index in [9.17, 15) is 0 Å². The summed E-state index contributed by atoms with van der Waals surface area (Å²) in [7, 11) is 0. The number of rotatable bonds is 3. The molecule has 1 saturated carbocycles. The molecule has 0 spiro atoms. The summed E-state index contributed by atoms with van der Waals surface area (Å²) in [4.78, 5) is 0. The van der Waals surface area contributed by atoms with Crippen LogP contribution in [0.1, 0.15) is 25.7 Å². The number of nitrogens with two attached hydrogens (primary N) is 1. The molecule has 0 saturated heterocycles. The minimum absolute atomic E-state index is 0.848. The lowest BCUT2D eigenvalue weighted by Crippen LogP contribution is -2.05. The molecule has 0 aromatic rings. The monoisotopic (exact) mass is 145 g/mol. The molecule has 1 fully saturated rings. The minimum atomic E-state index is 0.848. The Labute approximate surface area is 61.4 Å². The lowest BCUT2D eigenvalue weighted by molar-refractivity contribution is 0.886. The zero-order valence-electron chi connectivity index (χ0n) is 5.81. The van der Waals surface area contributed by atoms with Crippen LogP contribution in [0.15, 0.2) is 0 Å². The molecule has 0 aromatic heterocycles. The molecule has 1 nitrogen and oxygen atoms in total. The van der Waals surface area contributed by atoms with Crippen LogP contribution < -0.4 is 5.73 Å². The average Bonchev–Trinajstić information content (AvgIpc) is 2.34. The molecule has 0 unspecified atom stereocenters. The van der Waals surface area contributed by atoms with Gasteiger partial charge in [0.05, 0.1) is 0 Å². The maximum atomic E-state index is 5.39. The third kappa shape index (κ3) is 2.59. The second kappa shape index (κ2) is 4.18. The van der Waals surface area contributed by atoms with Crippen molar-refractivity contribution < 1.29 is 0 Å². The fourth-order valence-electron chi connectivity index (χ4n) is 1.29. The number of thioether (sulfide) groups is 1. The van der Waals surface area contributed by atoms with Gasteiger partial charge in [-0.2, -0.15) is 11.8 Å². The third-order valence-corrected chi connectivity index (χ3v) is 3.19. The normalized spacial score (nSPS) is 21.0. The van der Waals surface area contributed by atoms with Crippen LogP contribution in [0.2, 0.25) is 0 Å². The van der Waals surface area contributed by atoms with E-state index in [4.69, 9.17) is 5.73 Å². The SMILES string of the molecule is NCCSC1CCCC1. The van der Waals surface area contributed by atoms with E-state index in [1.807, 2.05) is 0 Å². The zero-order valence-corrected chi connectivity index (χ0v) is 6.62. The van der Waals surface area contributed by atoms with Gasteiger partial charge in [0, 0.05) is 17.5 Å². The molecule has 0 atom stereocenters. The topological polar surface area (TPSA) is 26.0 Å². The van der Waals surface area contributed by atoms with E-state index in [0.717, 1.165) is 17.5 Å². The Balaban J connectivity index is 1.98. The Morgan fingerprint density at radius 1 is 1.33 bits per heavy atom. The summed E-state index contributed by atoms with van der Waals surface area (Å²) in [6.45, 7) is 0.848. The Bertz CT molecular complexity index is 69.3. The summed E-state index contributed by atoms with van der Waals surface area (Å²) in [5, 5.41) is 0.952. The molecule has 0 heterocycles. The predicted octanol–water partition coefficient (Wildman–Crippen LogP) is 1.62. The largest absolute Gasteiger partial charge is 0.330 e. The fourth-order valence-corrected chi connectivity index (χ4v) is 2.43. The van der Waals surface area contributed by atoms with Crippen molar-refractivity contribution in [2.45, 2.75) is 30.9 Å².